The molecular formula is C9H11Cl2N. The topological polar surface area (TPSA) is 12.9 Å². The van der Waals surface area contributed by atoms with Crippen LogP contribution in [0.4, 0.5) is 0 Å². The first kappa shape index (κ1) is 9.82. The van der Waals surface area contributed by atoms with Gasteiger partial charge < -0.3 is 0 Å². The molecule has 0 aliphatic carbocycles. The van der Waals surface area contributed by atoms with Crippen LogP contribution in [0.15, 0.2) is 12.3 Å². The average molecular weight is 204 g/mol. The summed E-state index contributed by atoms with van der Waals surface area (Å²) in [4.78, 5) is 4.15. The summed E-state index contributed by atoms with van der Waals surface area (Å²) in [6.07, 6.45) is 2.53. The molecule has 1 rings (SSSR count). The highest BCUT2D eigenvalue weighted by atomic mass is 35.5. The number of hydrogen-bond donors (Lipinski definition) is 0. The number of halogens is 2. The van der Waals surface area contributed by atoms with Gasteiger partial charge in [0.15, 0.2) is 0 Å². The van der Waals surface area contributed by atoms with E-state index in [1.54, 1.807) is 12.3 Å². The van der Waals surface area contributed by atoms with E-state index in [-0.39, 0.29) is 0 Å². The van der Waals surface area contributed by atoms with Crippen molar-refractivity contribution >= 4 is 23.2 Å². The summed E-state index contributed by atoms with van der Waals surface area (Å²) in [6.45, 7) is 4.26. The number of hydrogen-bond acceptors (Lipinski definition) is 1. The molecule has 0 fully saturated rings. The van der Waals surface area contributed by atoms with Crippen molar-refractivity contribution in [2.45, 2.75) is 20.3 Å². The van der Waals surface area contributed by atoms with Gasteiger partial charge in [-0.25, -0.2) is 0 Å². The van der Waals surface area contributed by atoms with Crippen LogP contribution in [0.25, 0.3) is 0 Å². The highest BCUT2D eigenvalue weighted by Crippen LogP contribution is 2.20. The molecule has 0 saturated heterocycles. The van der Waals surface area contributed by atoms with Gasteiger partial charge in [0, 0.05) is 6.20 Å². The number of nitrogens with zero attached hydrogens (tertiary/aromatic N) is 1. The van der Waals surface area contributed by atoms with E-state index in [2.05, 4.69) is 18.8 Å². The van der Waals surface area contributed by atoms with Gasteiger partial charge in [-0.3, -0.25) is 4.98 Å². The van der Waals surface area contributed by atoms with Crippen LogP contribution in [0.5, 0.6) is 0 Å². The van der Waals surface area contributed by atoms with Gasteiger partial charge in [-0.1, -0.05) is 37.0 Å². The Kier molecular flexibility index (Phi) is 3.36. The SMILES string of the molecule is CC(C)Cc1ncc(Cl)cc1Cl. The van der Waals surface area contributed by atoms with Crippen molar-refractivity contribution in [3.05, 3.63) is 28.0 Å². The average Bonchev–Trinajstić information content (AvgIpc) is 1.94. The summed E-state index contributed by atoms with van der Waals surface area (Å²) in [5.74, 6) is 0.566. The normalized spacial score (nSPS) is 10.8. The minimum absolute atomic E-state index is 0.566. The Morgan fingerprint density at radius 2 is 2.08 bits per heavy atom. The highest BCUT2D eigenvalue weighted by Gasteiger charge is 2.04. The molecule has 1 aromatic heterocycles. The van der Waals surface area contributed by atoms with Gasteiger partial charge in [0.2, 0.25) is 0 Å². The fourth-order valence-electron chi connectivity index (χ4n) is 0.980. The molecule has 1 aromatic rings. The minimum Gasteiger partial charge on any atom is -0.258 e. The summed E-state index contributed by atoms with van der Waals surface area (Å²) in [5.41, 5.74) is 0.927. The Labute approximate surface area is 82.7 Å². The Balaban J connectivity index is 2.86. The predicted octanol–water partition coefficient (Wildman–Crippen LogP) is 3.59. The van der Waals surface area contributed by atoms with E-state index in [1.165, 1.54) is 0 Å². The smallest absolute Gasteiger partial charge is 0.0636 e. The fourth-order valence-corrected chi connectivity index (χ4v) is 1.44. The van der Waals surface area contributed by atoms with Crippen LogP contribution in [0.3, 0.4) is 0 Å². The van der Waals surface area contributed by atoms with Gasteiger partial charge in [0.25, 0.3) is 0 Å². The zero-order valence-electron chi connectivity index (χ0n) is 7.14. The molecule has 0 spiro atoms. The quantitative estimate of drug-likeness (QED) is 0.717. The molecule has 0 unspecified atom stereocenters. The lowest BCUT2D eigenvalue weighted by molar-refractivity contribution is 0.635. The van der Waals surface area contributed by atoms with Gasteiger partial charge in [0.1, 0.15) is 0 Å². The Morgan fingerprint density at radius 3 is 2.58 bits per heavy atom. The van der Waals surface area contributed by atoms with Crippen molar-refractivity contribution in [1.82, 2.24) is 4.98 Å². The van der Waals surface area contributed by atoms with Crippen LogP contribution < -0.4 is 0 Å². The van der Waals surface area contributed by atoms with E-state index in [1.807, 2.05) is 0 Å². The summed E-state index contributed by atoms with van der Waals surface area (Å²) < 4.78 is 0. The molecule has 12 heavy (non-hydrogen) atoms. The van der Waals surface area contributed by atoms with Crippen LogP contribution in [-0.2, 0) is 6.42 Å². The number of aromatic nitrogens is 1. The first-order valence-corrected chi connectivity index (χ1v) is 4.65. The molecule has 0 bridgehead atoms. The lowest BCUT2D eigenvalue weighted by atomic mass is 10.1. The van der Waals surface area contributed by atoms with E-state index >= 15 is 0 Å². The maximum atomic E-state index is 5.93. The molecule has 1 nitrogen and oxygen atoms in total. The summed E-state index contributed by atoms with van der Waals surface area (Å²) in [7, 11) is 0. The van der Waals surface area contributed by atoms with Crippen LogP contribution in [0.2, 0.25) is 10.0 Å². The zero-order valence-corrected chi connectivity index (χ0v) is 8.65. The van der Waals surface area contributed by atoms with Gasteiger partial charge in [-0.15, -0.1) is 0 Å². The van der Waals surface area contributed by atoms with Crippen molar-refractivity contribution in [3.63, 3.8) is 0 Å². The maximum Gasteiger partial charge on any atom is 0.0636 e. The zero-order chi connectivity index (χ0) is 9.14. The van der Waals surface area contributed by atoms with Crippen LogP contribution in [-0.4, -0.2) is 4.98 Å². The number of pyridine rings is 1. The van der Waals surface area contributed by atoms with Crippen LogP contribution in [0, 0.1) is 5.92 Å². The predicted molar refractivity (Wildman–Crippen MR) is 52.8 cm³/mol. The third-order valence-corrected chi connectivity index (χ3v) is 2.02. The van der Waals surface area contributed by atoms with E-state index in [0.29, 0.717) is 16.0 Å². The summed E-state index contributed by atoms with van der Waals surface area (Å²) in [5, 5.41) is 1.25. The molecule has 0 saturated carbocycles. The molecule has 0 aromatic carbocycles. The monoisotopic (exact) mass is 203 g/mol. The van der Waals surface area contributed by atoms with Gasteiger partial charge in [-0.05, 0) is 18.4 Å². The van der Waals surface area contributed by atoms with Gasteiger partial charge >= 0.3 is 0 Å². The van der Waals surface area contributed by atoms with Crippen LogP contribution >= 0.6 is 23.2 Å². The third kappa shape index (κ3) is 2.65. The van der Waals surface area contributed by atoms with E-state index < -0.39 is 0 Å². The number of rotatable bonds is 2. The molecule has 0 aliphatic heterocycles. The lowest BCUT2D eigenvalue weighted by Crippen LogP contribution is -1.97. The molecule has 0 N–H and O–H groups in total. The second-order valence-electron chi connectivity index (χ2n) is 3.18. The lowest BCUT2D eigenvalue weighted by Gasteiger charge is -2.05. The maximum absolute atomic E-state index is 5.93. The first-order valence-electron chi connectivity index (χ1n) is 3.89. The summed E-state index contributed by atoms with van der Waals surface area (Å²) in [6, 6.07) is 1.73. The minimum atomic E-state index is 0.566. The van der Waals surface area contributed by atoms with Crippen LogP contribution in [0.1, 0.15) is 19.5 Å². The highest BCUT2D eigenvalue weighted by molar-refractivity contribution is 6.34. The van der Waals surface area contributed by atoms with Crippen molar-refractivity contribution in [1.29, 1.82) is 0 Å². The van der Waals surface area contributed by atoms with Crippen molar-refractivity contribution in [2.75, 3.05) is 0 Å². The Morgan fingerprint density at radius 1 is 1.42 bits per heavy atom. The van der Waals surface area contributed by atoms with Crippen molar-refractivity contribution < 1.29 is 0 Å². The molecule has 66 valence electrons. The van der Waals surface area contributed by atoms with Gasteiger partial charge in [0.05, 0.1) is 15.7 Å². The molecule has 0 radical (unpaired) electrons. The summed E-state index contributed by atoms with van der Waals surface area (Å²) >= 11 is 11.6. The Hall–Kier alpha value is -0.270. The second kappa shape index (κ2) is 4.11. The third-order valence-electron chi connectivity index (χ3n) is 1.49. The Bertz CT molecular complexity index is 271. The molecule has 0 atom stereocenters. The van der Waals surface area contributed by atoms with Gasteiger partial charge in [-0.2, -0.15) is 0 Å². The molecule has 0 aliphatic rings. The largest absolute Gasteiger partial charge is 0.258 e. The molecule has 1 heterocycles. The molecular weight excluding hydrogens is 193 g/mol. The van der Waals surface area contributed by atoms with E-state index in [9.17, 15) is 0 Å². The molecule has 3 heteroatoms. The fraction of sp³-hybridized carbons (Fsp3) is 0.444. The second-order valence-corrected chi connectivity index (χ2v) is 4.02. The standard InChI is InChI=1S/C9H11Cl2N/c1-6(2)3-9-8(11)4-7(10)5-12-9/h4-6H,3H2,1-2H3. The molecule has 0 amide bonds. The van der Waals surface area contributed by atoms with E-state index in [4.69, 9.17) is 23.2 Å². The van der Waals surface area contributed by atoms with Crippen molar-refractivity contribution in [2.24, 2.45) is 5.92 Å². The van der Waals surface area contributed by atoms with Crippen molar-refractivity contribution in [3.8, 4) is 0 Å². The first-order chi connectivity index (χ1) is 5.59. The van der Waals surface area contributed by atoms with E-state index in [0.717, 1.165) is 12.1 Å².